The normalized spacial score (nSPS) is 21.5. The number of nitrogens with zero attached hydrogens (tertiary/aromatic N) is 3. The van der Waals surface area contributed by atoms with E-state index in [1.54, 1.807) is 12.3 Å². The third kappa shape index (κ3) is 6.21. The van der Waals surface area contributed by atoms with Gasteiger partial charge in [0.1, 0.15) is 19.2 Å². The highest BCUT2D eigenvalue weighted by molar-refractivity contribution is 6.17. The van der Waals surface area contributed by atoms with Crippen molar-refractivity contribution in [2.75, 3.05) is 16.0 Å². The molecule has 170 valence electrons. The van der Waals surface area contributed by atoms with Crippen LogP contribution in [0.3, 0.4) is 0 Å². The summed E-state index contributed by atoms with van der Waals surface area (Å²) in [5.74, 6) is 1.39. The lowest BCUT2D eigenvalue weighted by Crippen LogP contribution is -2.39. The lowest BCUT2D eigenvalue weighted by atomic mass is 9.70. The minimum absolute atomic E-state index is 0.337. The molecule has 2 atom stereocenters. The van der Waals surface area contributed by atoms with Crippen molar-refractivity contribution < 1.29 is 4.79 Å². The number of rotatable bonds is 4. The van der Waals surface area contributed by atoms with E-state index in [-0.39, 0.29) is 6.03 Å². The van der Waals surface area contributed by atoms with Crippen LogP contribution >= 0.6 is 0 Å². The summed E-state index contributed by atoms with van der Waals surface area (Å²) in [6, 6.07) is 10.7. The molecule has 33 heavy (non-hydrogen) atoms. The summed E-state index contributed by atoms with van der Waals surface area (Å²) in [5, 5.41) is 9.08. The lowest BCUT2D eigenvalue weighted by molar-refractivity contribution is 0.262. The van der Waals surface area contributed by atoms with Crippen molar-refractivity contribution in [2.24, 2.45) is 5.92 Å². The van der Waals surface area contributed by atoms with Crippen LogP contribution in [0.4, 0.5) is 22.0 Å². The highest BCUT2D eigenvalue weighted by Gasteiger charge is 2.25. The average Bonchev–Trinajstić information content (AvgIpc) is 2.85. The quantitative estimate of drug-likeness (QED) is 0.455. The summed E-state index contributed by atoms with van der Waals surface area (Å²) in [6.45, 7) is 4.16. The number of aromatic nitrogens is 3. The second-order valence-corrected chi connectivity index (χ2v) is 9.19. The molecule has 1 aromatic carbocycles. The van der Waals surface area contributed by atoms with Crippen LogP contribution in [0.25, 0.3) is 11.2 Å². The van der Waals surface area contributed by atoms with Gasteiger partial charge in [0.2, 0.25) is 0 Å². The van der Waals surface area contributed by atoms with E-state index in [9.17, 15) is 4.79 Å². The van der Waals surface area contributed by atoms with E-state index in [4.69, 9.17) is 7.85 Å². The van der Waals surface area contributed by atoms with E-state index in [1.807, 2.05) is 37.3 Å². The van der Waals surface area contributed by atoms with Gasteiger partial charge in [0, 0.05) is 5.69 Å². The van der Waals surface area contributed by atoms with Gasteiger partial charge < -0.3 is 16.0 Å². The van der Waals surface area contributed by atoms with E-state index in [0.29, 0.717) is 34.1 Å². The number of urea groups is 1. The molecule has 0 aliphatic heterocycles. The maximum atomic E-state index is 12.4. The van der Waals surface area contributed by atoms with E-state index in [0.717, 1.165) is 31.6 Å². The number of hydrogen-bond acceptors (Lipinski definition) is 5. The van der Waals surface area contributed by atoms with Crippen LogP contribution in [0.5, 0.6) is 0 Å². The van der Waals surface area contributed by atoms with E-state index in [2.05, 4.69) is 37.8 Å². The minimum atomic E-state index is -0.488. The van der Waals surface area contributed by atoms with Crippen LogP contribution in [0.1, 0.15) is 57.6 Å². The summed E-state index contributed by atoms with van der Waals surface area (Å²) in [7, 11) is 6.74. The zero-order valence-corrected chi connectivity index (χ0v) is 19.4. The van der Waals surface area contributed by atoms with Crippen molar-refractivity contribution in [1.29, 1.82) is 0 Å². The second-order valence-electron chi connectivity index (χ2n) is 9.19. The topological polar surface area (TPSA) is 91.8 Å². The smallest absolute Gasteiger partial charge is 0.323 e. The Morgan fingerprint density at radius 3 is 2.64 bits per heavy atom. The molecule has 0 bridgehead atoms. The van der Waals surface area contributed by atoms with Gasteiger partial charge in [0.15, 0.2) is 5.65 Å². The molecule has 2 radical (unpaired) electrons. The van der Waals surface area contributed by atoms with Gasteiger partial charge in [0.05, 0.1) is 17.6 Å². The van der Waals surface area contributed by atoms with E-state index in [1.165, 1.54) is 19.3 Å². The zero-order chi connectivity index (χ0) is 23.3. The Morgan fingerprint density at radius 2 is 1.82 bits per heavy atom. The van der Waals surface area contributed by atoms with Gasteiger partial charge >= 0.3 is 6.03 Å². The van der Waals surface area contributed by atoms with Crippen LogP contribution in [-0.4, -0.2) is 34.3 Å². The first-order valence-electron chi connectivity index (χ1n) is 11.7. The Hall–Kier alpha value is -3.16. The van der Waals surface area contributed by atoms with Crippen LogP contribution in [0.2, 0.25) is 0 Å². The molecule has 7 nitrogen and oxygen atoms in total. The molecular formula is C25H31BN6O. The number of pyridine rings is 1. The number of hydrogen-bond donors (Lipinski definition) is 3. The maximum Gasteiger partial charge on any atom is 0.323 e. The molecule has 0 saturated heterocycles. The molecular weight excluding hydrogens is 411 g/mol. The van der Waals surface area contributed by atoms with Crippen LogP contribution < -0.4 is 16.0 Å². The van der Waals surface area contributed by atoms with Crippen molar-refractivity contribution >= 4 is 42.2 Å². The Morgan fingerprint density at radius 1 is 1.06 bits per heavy atom. The van der Waals surface area contributed by atoms with Gasteiger partial charge in [-0.2, -0.15) is 0 Å². The van der Waals surface area contributed by atoms with Crippen LogP contribution in [0.15, 0.2) is 42.6 Å². The Balaban J connectivity index is 1.47. The summed E-state index contributed by atoms with van der Waals surface area (Å²) in [6.07, 6.45) is 9.40. The Labute approximate surface area is 196 Å². The first-order chi connectivity index (χ1) is 15.9. The number of anilines is 3. The number of carbonyl (C=O) groups excluding carboxylic acids is 1. The summed E-state index contributed by atoms with van der Waals surface area (Å²) in [4.78, 5) is 26.1. The average molecular weight is 442 g/mol. The molecule has 4 rings (SSSR count). The second kappa shape index (κ2) is 10.2. The first kappa shape index (κ1) is 23.0. The van der Waals surface area contributed by atoms with Crippen molar-refractivity contribution in [2.45, 2.75) is 64.2 Å². The van der Waals surface area contributed by atoms with Gasteiger partial charge in [-0.1, -0.05) is 57.2 Å². The highest BCUT2D eigenvalue weighted by atomic mass is 16.2. The van der Waals surface area contributed by atoms with Crippen molar-refractivity contribution in [3.05, 3.63) is 48.3 Å². The first-order valence-corrected chi connectivity index (χ1v) is 11.7. The summed E-state index contributed by atoms with van der Waals surface area (Å²) in [5.41, 5.74) is 2.61. The van der Waals surface area contributed by atoms with Crippen LogP contribution in [-0.2, 0) is 0 Å². The maximum absolute atomic E-state index is 12.4. The fraction of sp³-hybridized carbons (Fsp3) is 0.440. The highest BCUT2D eigenvalue weighted by Crippen LogP contribution is 2.29. The van der Waals surface area contributed by atoms with Crippen molar-refractivity contribution in [3.63, 3.8) is 0 Å². The molecule has 2 heterocycles. The number of amides is 2. The number of benzene rings is 1. The van der Waals surface area contributed by atoms with Gasteiger partial charge in [-0.15, -0.1) is 0 Å². The van der Waals surface area contributed by atoms with Crippen LogP contribution in [0, 0.1) is 12.8 Å². The third-order valence-corrected chi connectivity index (χ3v) is 6.27. The third-order valence-electron chi connectivity index (χ3n) is 6.27. The minimum Gasteiger partial charge on any atom is -0.372 e. The molecule has 2 unspecified atom stereocenters. The molecule has 3 N–H and O–H groups in total. The molecule has 1 saturated carbocycles. The number of nitrogens with one attached hydrogen (secondary N) is 3. The SMILES string of the molecule is [B]C1(Nc2cnc3cc(NC(=O)Nc4ccccc4)c(C)nc3n2)CCCCC(C)CCC1. The lowest BCUT2D eigenvalue weighted by Gasteiger charge is -2.32. The summed E-state index contributed by atoms with van der Waals surface area (Å²) >= 11 is 0. The molecule has 1 fully saturated rings. The van der Waals surface area contributed by atoms with Crippen molar-refractivity contribution in [3.8, 4) is 0 Å². The van der Waals surface area contributed by atoms with Gasteiger partial charge in [-0.05, 0) is 49.3 Å². The molecule has 3 aromatic rings. The Bertz CT molecular complexity index is 1110. The predicted molar refractivity (Wildman–Crippen MR) is 135 cm³/mol. The van der Waals surface area contributed by atoms with Gasteiger partial charge in [-0.3, -0.25) is 0 Å². The van der Waals surface area contributed by atoms with Gasteiger partial charge in [-0.25, -0.2) is 19.7 Å². The molecule has 8 heteroatoms. The molecule has 2 amide bonds. The van der Waals surface area contributed by atoms with E-state index >= 15 is 0 Å². The molecule has 2 aromatic heterocycles. The fourth-order valence-corrected chi connectivity index (χ4v) is 4.37. The molecule has 0 spiro atoms. The van der Waals surface area contributed by atoms with Gasteiger partial charge in [0.25, 0.3) is 0 Å². The number of fused-ring (bicyclic) bond motifs is 1. The predicted octanol–water partition coefficient (Wildman–Crippen LogP) is 5.63. The number of aryl methyl sites for hydroxylation is 1. The zero-order valence-electron chi connectivity index (χ0n) is 19.4. The summed E-state index contributed by atoms with van der Waals surface area (Å²) < 4.78 is 0. The largest absolute Gasteiger partial charge is 0.372 e. The fourth-order valence-electron chi connectivity index (χ4n) is 4.37. The Kier molecular flexibility index (Phi) is 7.11. The standard InChI is InChI=1S/C25H31BN6O/c1-17-9-6-7-13-25(26,14-8-10-17)32-22-16-27-21-15-20(18(2)28-23(21)31-22)30-24(33)29-19-11-4-3-5-12-19/h3-5,11-12,15-17H,6-10,13-14H2,1-2H3,(H,28,31,32)(H2,29,30,33). The monoisotopic (exact) mass is 442 g/mol. The number of carbonyl (C=O) groups is 1. The molecule has 1 aliphatic carbocycles. The number of para-hydroxylation sites is 1. The molecule has 1 aliphatic rings. The van der Waals surface area contributed by atoms with E-state index < -0.39 is 5.44 Å². The van der Waals surface area contributed by atoms with Crippen molar-refractivity contribution in [1.82, 2.24) is 15.0 Å².